The molecule has 0 heterocycles. The molecule has 0 aromatic heterocycles. The van der Waals surface area contributed by atoms with Gasteiger partial charge in [-0.05, 0) is 62.7 Å². The summed E-state index contributed by atoms with van der Waals surface area (Å²) in [6.45, 7) is 17.6. The quantitative estimate of drug-likeness (QED) is 0.525. The molecule has 2 nitrogen and oxygen atoms in total. The van der Waals surface area contributed by atoms with E-state index < -0.39 is 5.41 Å². The number of carbonyl (C=O) groups is 1. The van der Waals surface area contributed by atoms with Crippen molar-refractivity contribution in [2.75, 3.05) is 0 Å². The van der Waals surface area contributed by atoms with Crippen LogP contribution in [0.5, 0.6) is 0 Å². The molecule has 4 atom stereocenters. The third kappa shape index (κ3) is 4.42. The van der Waals surface area contributed by atoms with E-state index in [2.05, 4.69) is 55.4 Å². The van der Waals surface area contributed by atoms with Gasteiger partial charge >= 0.3 is 5.97 Å². The number of esters is 1. The highest BCUT2D eigenvalue weighted by atomic mass is 16.6. The first kappa shape index (κ1) is 20.8. The predicted octanol–water partition coefficient (Wildman–Crippen LogP) is 6.77. The first-order valence-electron chi connectivity index (χ1n) is 10.5. The van der Waals surface area contributed by atoms with Crippen molar-refractivity contribution in [3.63, 3.8) is 0 Å². The summed E-state index contributed by atoms with van der Waals surface area (Å²) in [6.07, 6.45) is 9.65. The van der Waals surface area contributed by atoms with Crippen LogP contribution in [-0.2, 0) is 9.53 Å². The fraction of sp³-hybridized carbons (Fsp3) is 0.957. The van der Waals surface area contributed by atoms with E-state index in [1.165, 1.54) is 38.5 Å². The van der Waals surface area contributed by atoms with Gasteiger partial charge in [-0.15, -0.1) is 0 Å². The van der Waals surface area contributed by atoms with Gasteiger partial charge in [0.2, 0.25) is 0 Å². The van der Waals surface area contributed by atoms with E-state index >= 15 is 0 Å². The van der Waals surface area contributed by atoms with Crippen LogP contribution in [0.3, 0.4) is 0 Å². The molecular weight excluding hydrogens is 308 g/mol. The average molecular weight is 351 g/mol. The van der Waals surface area contributed by atoms with Gasteiger partial charge < -0.3 is 4.74 Å². The van der Waals surface area contributed by atoms with E-state index in [1.807, 2.05) is 0 Å². The van der Waals surface area contributed by atoms with Gasteiger partial charge in [0.15, 0.2) is 0 Å². The van der Waals surface area contributed by atoms with Crippen LogP contribution in [0.1, 0.15) is 107 Å². The maximum absolute atomic E-state index is 13.5. The molecular formula is C23H42O2. The maximum Gasteiger partial charge on any atom is 0.312 e. The van der Waals surface area contributed by atoms with Crippen molar-refractivity contribution >= 4 is 5.97 Å². The molecule has 0 radical (unpaired) electrons. The zero-order valence-corrected chi connectivity index (χ0v) is 18.1. The Kier molecular flexibility index (Phi) is 5.73. The lowest BCUT2D eigenvalue weighted by Gasteiger charge is -2.50. The van der Waals surface area contributed by atoms with Gasteiger partial charge in [0.05, 0.1) is 5.41 Å². The van der Waals surface area contributed by atoms with Gasteiger partial charge in [0.1, 0.15) is 5.60 Å². The van der Waals surface area contributed by atoms with Crippen LogP contribution in [0.2, 0.25) is 0 Å². The van der Waals surface area contributed by atoms with E-state index in [9.17, 15) is 4.79 Å². The van der Waals surface area contributed by atoms with Crippen LogP contribution in [0.15, 0.2) is 0 Å². The summed E-state index contributed by atoms with van der Waals surface area (Å²) >= 11 is 0. The van der Waals surface area contributed by atoms with Gasteiger partial charge in [0.25, 0.3) is 0 Å². The molecule has 0 aliphatic heterocycles. The summed E-state index contributed by atoms with van der Waals surface area (Å²) in [4.78, 5) is 13.5. The highest BCUT2D eigenvalue weighted by Gasteiger charge is 2.52. The lowest BCUT2D eigenvalue weighted by Crippen LogP contribution is -2.52. The second-order valence-corrected chi connectivity index (χ2v) is 11.6. The minimum atomic E-state index is -0.462. The number of rotatable bonds is 3. The molecule has 25 heavy (non-hydrogen) atoms. The Morgan fingerprint density at radius 3 is 2.08 bits per heavy atom. The van der Waals surface area contributed by atoms with Crippen molar-refractivity contribution in [2.24, 2.45) is 28.1 Å². The summed E-state index contributed by atoms with van der Waals surface area (Å²) < 4.78 is 6.45. The molecule has 0 amide bonds. The summed E-state index contributed by atoms with van der Waals surface area (Å²) in [5, 5.41) is 0. The molecule has 2 fully saturated rings. The topological polar surface area (TPSA) is 26.3 Å². The number of hydrogen-bond donors (Lipinski definition) is 0. The molecule has 2 heteroatoms. The number of carbonyl (C=O) groups excluding carboxylic acids is 1. The van der Waals surface area contributed by atoms with Crippen LogP contribution in [0.25, 0.3) is 0 Å². The first-order chi connectivity index (χ1) is 11.3. The van der Waals surface area contributed by atoms with Crippen molar-refractivity contribution in [1.82, 2.24) is 0 Å². The normalized spacial score (nSPS) is 33.3. The van der Waals surface area contributed by atoms with Crippen molar-refractivity contribution in [2.45, 2.75) is 112 Å². The van der Waals surface area contributed by atoms with E-state index in [-0.39, 0.29) is 22.4 Å². The van der Waals surface area contributed by atoms with E-state index in [4.69, 9.17) is 4.74 Å². The van der Waals surface area contributed by atoms with Crippen LogP contribution in [0, 0.1) is 28.1 Å². The average Bonchev–Trinajstić information content (AvgIpc) is 2.44. The third-order valence-corrected chi connectivity index (χ3v) is 7.26. The van der Waals surface area contributed by atoms with Crippen LogP contribution in [0.4, 0.5) is 0 Å². The Labute approximate surface area is 156 Å². The molecule has 0 N–H and O–H groups in total. The lowest BCUT2D eigenvalue weighted by molar-refractivity contribution is -0.194. The van der Waals surface area contributed by atoms with Crippen molar-refractivity contribution in [3.05, 3.63) is 0 Å². The molecule has 146 valence electrons. The van der Waals surface area contributed by atoms with Crippen molar-refractivity contribution < 1.29 is 9.53 Å². The molecule has 0 bridgehead atoms. The largest absolute Gasteiger partial charge is 0.459 e. The third-order valence-electron chi connectivity index (χ3n) is 7.26. The summed E-state index contributed by atoms with van der Waals surface area (Å²) in [7, 11) is 0. The van der Waals surface area contributed by atoms with Gasteiger partial charge in [-0.3, -0.25) is 4.79 Å². The van der Waals surface area contributed by atoms with Crippen molar-refractivity contribution in [3.8, 4) is 0 Å². The van der Waals surface area contributed by atoms with Gasteiger partial charge in [0, 0.05) is 5.92 Å². The minimum Gasteiger partial charge on any atom is -0.459 e. The molecule has 2 rings (SSSR count). The summed E-state index contributed by atoms with van der Waals surface area (Å²) in [5.74, 6) is 1.37. The van der Waals surface area contributed by atoms with Crippen molar-refractivity contribution in [1.29, 1.82) is 0 Å². The second kappa shape index (κ2) is 6.89. The number of hydrogen-bond acceptors (Lipinski definition) is 2. The van der Waals surface area contributed by atoms with Crippen LogP contribution in [-0.4, -0.2) is 11.6 Å². The Morgan fingerprint density at radius 2 is 1.52 bits per heavy atom. The second-order valence-electron chi connectivity index (χ2n) is 11.6. The molecule has 0 spiro atoms. The summed E-state index contributed by atoms with van der Waals surface area (Å²) in [5.41, 5.74) is -0.739. The Hall–Kier alpha value is -0.530. The molecule has 4 unspecified atom stereocenters. The SMILES string of the molecule is CC(C)(C)CC(C)(C(=O)OC1(C)CCCC2CCCCC21)C(C)(C)C. The van der Waals surface area contributed by atoms with Crippen LogP contribution >= 0.6 is 0 Å². The standard InChI is InChI=1S/C23H42O2/c1-20(2,3)16-22(7,21(4,5)6)19(24)25-23(8)15-11-13-17-12-9-10-14-18(17)23/h17-18H,9-16H2,1-8H3. The van der Waals surface area contributed by atoms with E-state index in [0.717, 1.165) is 18.8 Å². The molecule has 0 saturated heterocycles. The fourth-order valence-electron chi connectivity index (χ4n) is 5.41. The monoisotopic (exact) mass is 350 g/mol. The Bertz CT molecular complexity index is 479. The lowest BCUT2D eigenvalue weighted by atomic mass is 9.60. The molecule has 2 saturated carbocycles. The van der Waals surface area contributed by atoms with Gasteiger partial charge in [-0.25, -0.2) is 0 Å². The van der Waals surface area contributed by atoms with Crippen LogP contribution < -0.4 is 0 Å². The number of fused-ring (bicyclic) bond motifs is 1. The minimum absolute atomic E-state index is 0.0312. The highest BCUT2D eigenvalue weighted by Crippen LogP contribution is 2.52. The zero-order valence-electron chi connectivity index (χ0n) is 18.1. The molecule has 2 aliphatic rings. The first-order valence-corrected chi connectivity index (χ1v) is 10.5. The van der Waals surface area contributed by atoms with Gasteiger partial charge in [-0.2, -0.15) is 0 Å². The predicted molar refractivity (Wildman–Crippen MR) is 105 cm³/mol. The Balaban J connectivity index is 2.24. The smallest absolute Gasteiger partial charge is 0.312 e. The van der Waals surface area contributed by atoms with E-state index in [1.54, 1.807) is 0 Å². The number of ether oxygens (including phenoxy) is 1. The molecule has 0 aromatic carbocycles. The highest BCUT2D eigenvalue weighted by molar-refractivity contribution is 5.78. The van der Waals surface area contributed by atoms with E-state index in [0.29, 0.717) is 5.92 Å². The Morgan fingerprint density at radius 1 is 0.960 bits per heavy atom. The fourth-order valence-corrected chi connectivity index (χ4v) is 5.41. The molecule has 2 aliphatic carbocycles. The molecule has 0 aromatic rings. The summed E-state index contributed by atoms with van der Waals surface area (Å²) in [6, 6.07) is 0. The van der Waals surface area contributed by atoms with Gasteiger partial charge in [-0.1, -0.05) is 60.8 Å². The zero-order chi connectivity index (χ0) is 19.1. The maximum atomic E-state index is 13.5.